The van der Waals surface area contributed by atoms with Gasteiger partial charge in [0, 0.05) is 26.0 Å². The van der Waals surface area contributed by atoms with Crippen LogP contribution >= 0.6 is 0 Å². The van der Waals surface area contributed by atoms with Crippen molar-refractivity contribution in [3.8, 4) is 5.75 Å². The van der Waals surface area contributed by atoms with Gasteiger partial charge in [0.2, 0.25) is 0 Å². The molecule has 3 heteroatoms. The summed E-state index contributed by atoms with van der Waals surface area (Å²) in [5.41, 5.74) is 3.15. The van der Waals surface area contributed by atoms with Gasteiger partial charge in [0.15, 0.2) is 0 Å². The molecule has 2 rings (SSSR count). The predicted molar refractivity (Wildman–Crippen MR) is 105 cm³/mol. The minimum absolute atomic E-state index is 0.375. The molecule has 0 radical (unpaired) electrons. The molecule has 0 aliphatic heterocycles. The summed E-state index contributed by atoms with van der Waals surface area (Å²) in [6.45, 7) is 10.7. The number of nitrogens with zero attached hydrogens (tertiary/aromatic N) is 1. The Balaban J connectivity index is 1.93. The molecule has 0 spiro atoms. The fraction of sp³-hybridized carbons (Fsp3) is 0.409. The van der Waals surface area contributed by atoms with Gasteiger partial charge in [0.05, 0.1) is 0 Å². The molecule has 0 heterocycles. The number of rotatable bonds is 9. The summed E-state index contributed by atoms with van der Waals surface area (Å²) in [7, 11) is 0. The summed E-state index contributed by atoms with van der Waals surface area (Å²) in [6.07, 6.45) is 2.86. The zero-order valence-electron chi connectivity index (χ0n) is 15.8. The van der Waals surface area contributed by atoms with Gasteiger partial charge in [-0.2, -0.15) is 0 Å². The molecule has 0 bridgehead atoms. The fourth-order valence-electron chi connectivity index (χ4n) is 2.79. The minimum atomic E-state index is -0.375. The second-order valence-electron chi connectivity index (χ2n) is 6.58. The lowest BCUT2D eigenvalue weighted by Crippen LogP contribution is -2.26. The maximum absolute atomic E-state index is 6.23. The average molecular weight is 339 g/mol. The first kappa shape index (κ1) is 19.2. The first-order valence-electron chi connectivity index (χ1n) is 8.95. The molecule has 3 nitrogen and oxygen atoms in total. The van der Waals surface area contributed by atoms with Crippen LogP contribution in [-0.4, -0.2) is 26.0 Å². The minimum Gasteiger partial charge on any atom is -0.483 e. The van der Waals surface area contributed by atoms with Gasteiger partial charge in [-0.25, -0.2) is 0 Å². The normalized spacial score (nSPS) is 11.8. The van der Waals surface area contributed by atoms with Crippen LogP contribution in [0.4, 0.5) is 0 Å². The van der Waals surface area contributed by atoms with Gasteiger partial charge in [-0.3, -0.25) is 4.99 Å². The van der Waals surface area contributed by atoms with Crippen LogP contribution in [0.2, 0.25) is 0 Å². The second kappa shape index (κ2) is 9.38. The van der Waals surface area contributed by atoms with Crippen molar-refractivity contribution in [3.05, 3.63) is 65.2 Å². The van der Waals surface area contributed by atoms with Gasteiger partial charge in [0.25, 0.3) is 0 Å². The third kappa shape index (κ3) is 6.02. The Morgan fingerprint density at radius 2 is 1.76 bits per heavy atom. The van der Waals surface area contributed by atoms with Crippen molar-refractivity contribution >= 4 is 6.21 Å². The number of aliphatic imine (C=N–C) groups is 1. The first-order valence-corrected chi connectivity index (χ1v) is 8.95. The van der Waals surface area contributed by atoms with E-state index >= 15 is 0 Å². The van der Waals surface area contributed by atoms with Crippen molar-refractivity contribution in [2.75, 3.05) is 19.8 Å². The Bertz CT molecular complexity index is 675. The molecule has 25 heavy (non-hydrogen) atoms. The molecule has 2 aromatic carbocycles. The Morgan fingerprint density at radius 1 is 1.04 bits per heavy atom. The summed E-state index contributed by atoms with van der Waals surface area (Å²) in [5.74, 6) is 0.863. The topological polar surface area (TPSA) is 30.8 Å². The number of benzene rings is 2. The molecule has 0 saturated heterocycles. The molecule has 0 aliphatic rings. The predicted octanol–water partition coefficient (Wildman–Crippen LogP) is 5.15. The molecular formula is C22H29NO2. The van der Waals surface area contributed by atoms with E-state index in [-0.39, 0.29) is 5.60 Å². The van der Waals surface area contributed by atoms with Gasteiger partial charge in [-0.1, -0.05) is 24.3 Å². The molecule has 0 amide bonds. The first-order chi connectivity index (χ1) is 12.0. The zero-order chi connectivity index (χ0) is 18.1. The number of hydrogen-bond acceptors (Lipinski definition) is 3. The van der Waals surface area contributed by atoms with E-state index in [1.54, 1.807) is 0 Å². The van der Waals surface area contributed by atoms with E-state index in [4.69, 9.17) is 9.47 Å². The van der Waals surface area contributed by atoms with E-state index in [1.807, 2.05) is 37.4 Å². The molecule has 0 unspecified atom stereocenters. The van der Waals surface area contributed by atoms with Crippen molar-refractivity contribution in [1.82, 2.24) is 0 Å². The van der Waals surface area contributed by atoms with Crippen molar-refractivity contribution in [2.24, 2.45) is 4.99 Å². The molecule has 134 valence electrons. The van der Waals surface area contributed by atoms with E-state index in [9.17, 15) is 0 Å². The number of hydrogen-bond donors (Lipinski definition) is 0. The van der Waals surface area contributed by atoms with E-state index in [1.165, 1.54) is 11.1 Å². The van der Waals surface area contributed by atoms with Crippen LogP contribution in [0.5, 0.6) is 5.75 Å². The Kier molecular flexibility index (Phi) is 7.20. The summed E-state index contributed by atoms with van der Waals surface area (Å²) < 4.78 is 11.5. The third-order valence-corrected chi connectivity index (χ3v) is 4.07. The molecule has 0 saturated carbocycles. The van der Waals surface area contributed by atoms with Gasteiger partial charge in [-0.15, -0.1) is 0 Å². The maximum Gasteiger partial charge on any atom is 0.129 e. The standard InChI is InChI=1S/C22H29NO2/c1-5-24-16-8-15-23-17-19-11-13-20(14-12-19)25-22(3,4)21-10-7-6-9-18(21)2/h6-7,9-14,17H,5,8,15-16H2,1-4H3. The molecule has 2 aromatic rings. The van der Waals surface area contributed by atoms with Crippen LogP contribution < -0.4 is 4.74 Å². The van der Waals surface area contributed by atoms with Crippen LogP contribution in [0.1, 0.15) is 43.9 Å². The molecule has 0 fully saturated rings. The average Bonchev–Trinajstić information content (AvgIpc) is 2.59. The quantitative estimate of drug-likeness (QED) is 0.467. The smallest absolute Gasteiger partial charge is 0.129 e. The lowest BCUT2D eigenvalue weighted by molar-refractivity contribution is 0.108. The van der Waals surface area contributed by atoms with Crippen LogP contribution in [0.3, 0.4) is 0 Å². The van der Waals surface area contributed by atoms with Crippen molar-refractivity contribution in [2.45, 2.75) is 39.7 Å². The fourth-order valence-corrected chi connectivity index (χ4v) is 2.79. The lowest BCUT2D eigenvalue weighted by Gasteiger charge is -2.28. The summed E-state index contributed by atoms with van der Waals surface area (Å²) in [6, 6.07) is 16.4. The largest absolute Gasteiger partial charge is 0.483 e. The van der Waals surface area contributed by atoms with E-state index in [0.29, 0.717) is 0 Å². The monoisotopic (exact) mass is 339 g/mol. The molecular weight excluding hydrogens is 310 g/mol. The molecule has 0 aromatic heterocycles. The van der Waals surface area contributed by atoms with E-state index < -0.39 is 0 Å². The van der Waals surface area contributed by atoms with Gasteiger partial charge in [0.1, 0.15) is 11.4 Å². The van der Waals surface area contributed by atoms with E-state index in [2.05, 4.69) is 50.0 Å². The van der Waals surface area contributed by atoms with Crippen LogP contribution in [0, 0.1) is 6.92 Å². The van der Waals surface area contributed by atoms with Crippen molar-refractivity contribution in [1.29, 1.82) is 0 Å². The zero-order valence-corrected chi connectivity index (χ0v) is 15.8. The number of ether oxygens (including phenoxy) is 2. The van der Waals surface area contributed by atoms with Gasteiger partial charge < -0.3 is 9.47 Å². The van der Waals surface area contributed by atoms with Gasteiger partial charge >= 0.3 is 0 Å². The molecule has 0 atom stereocenters. The Hall–Kier alpha value is -2.13. The highest BCUT2D eigenvalue weighted by molar-refractivity contribution is 5.79. The molecule has 0 aliphatic carbocycles. The Labute approximate surface area is 151 Å². The Morgan fingerprint density at radius 3 is 2.44 bits per heavy atom. The molecule has 0 N–H and O–H groups in total. The van der Waals surface area contributed by atoms with Crippen molar-refractivity contribution in [3.63, 3.8) is 0 Å². The van der Waals surface area contributed by atoms with Crippen LogP contribution in [0.25, 0.3) is 0 Å². The highest BCUT2D eigenvalue weighted by Crippen LogP contribution is 2.29. The third-order valence-electron chi connectivity index (χ3n) is 4.07. The SMILES string of the molecule is CCOCCCN=Cc1ccc(OC(C)(C)c2ccccc2C)cc1. The van der Waals surface area contributed by atoms with Crippen LogP contribution in [-0.2, 0) is 10.3 Å². The van der Waals surface area contributed by atoms with Crippen LogP contribution in [0.15, 0.2) is 53.5 Å². The highest BCUT2D eigenvalue weighted by atomic mass is 16.5. The highest BCUT2D eigenvalue weighted by Gasteiger charge is 2.24. The van der Waals surface area contributed by atoms with E-state index in [0.717, 1.165) is 37.5 Å². The maximum atomic E-state index is 6.23. The lowest BCUT2D eigenvalue weighted by atomic mass is 9.93. The van der Waals surface area contributed by atoms with Gasteiger partial charge in [-0.05, 0) is 75.1 Å². The number of aryl methyl sites for hydroxylation is 1. The second-order valence-corrected chi connectivity index (χ2v) is 6.58. The summed E-state index contributed by atoms with van der Waals surface area (Å²) in [4.78, 5) is 4.43. The summed E-state index contributed by atoms with van der Waals surface area (Å²) >= 11 is 0. The van der Waals surface area contributed by atoms with Crippen molar-refractivity contribution < 1.29 is 9.47 Å². The summed E-state index contributed by atoms with van der Waals surface area (Å²) in [5, 5.41) is 0.